The second kappa shape index (κ2) is 89.0. The van der Waals surface area contributed by atoms with Crippen molar-refractivity contribution in [2.75, 3.05) is 245 Å². The second-order valence-electron chi connectivity index (χ2n) is 24.3. The van der Waals surface area contributed by atoms with Crippen LogP contribution in [0.3, 0.4) is 0 Å². The van der Waals surface area contributed by atoms with Crippen LogP contribution in [-0.4, -0.2) is 269 Å². The van der Waals surface area contributed by atoms with E-state index >= 15 is 0 Å². The normalized spacial score (nSPS) is 12.5. The van der Waals surface area contributed by atoms with Gasteiger partial charge in [0.15, 0.2) is 6.10 Å². The summed E-state index contributed by atoms with van der Waals surface area (Å²) in [6, 6.07) is 0. The molecule has 0 saturated carbocycles. The average Bonchev–Trinajstić information content (AvgIpc) is 0.925. The number of hydrogen-bond acceptors (Lipinski definition) is 26. The predicted octanol–water partition coefficient (Wildman–Crippen LogP) is 12.0. The highest BCUT2D eigenvalue weighted by molar-refractivity contribution is 7.45. The van der Waals surface area contributed by atoms with Crippen LogP contribution in [0.15, 0.2) is 24.3 Å². The first-order chi connectivity index (χ1) is 50.7. The van der Waals surface area contributed by atoms with E-state index in [9.17, 15) is 23.8 Å². The zero-order valence-corrected chi connectivity index (χ0v) is 66.1. The van der Waals surface area contributed by atoms with Gasteiger partial charge in [0.2, 0.25) is 0 Å². The van der Waals surface area contributed by atoms with Crippen LogP contribution in [-0.2, 0) is 113 Å². The maximum absolute atomic E-state index is 12.9. The van der Waals surface area contributed by atoms with Crippen molar-refractivity contribution in [3.63, 3.8) is 0 Å². The molecule has 0 bridgehead atoms. The van der Waals surface area contributed by atoms with Gasteiger partial charge in [0.05, 0.1) is 218 Å². The van der Waals surface area contributed by atoms with E-state index in [1.807, 2.05) is 0 Å². The fourth-order valence-corrected chi connectivity index (χ4v) is 10.1. The molecule has 0 saturated heterocycles. The summed E-state index contributed by atoms with van der Waals surface area (Å²) in [7, 11) is -3.28. The quantitative estimate of drug-likeness (QED) is 0.0188. The van der Waals surface area contributed by atoms with Crippen molar-refractivity contribution < 1.29 is 123 Å². The molecule has 0 aliphatic heterocycles. The number of methoxy groups -OCH3 is 1. The van der Waals surface area contributed by atoms with Gasteiger partial charge in [-0.1, -0.05) is 141 Å². The fourth-order valence-electron chi connectivity index (χ4n) is 9.39. The van der Waals surface area contributed by atoms with Gasteiger partial charge in [-0.3, -0.25) is 14.2 Å². The zero-order chi connectivity index (χ0) is 74.4. The summed E-state index contributed by atoms with van der Waals surface area (Å²) in [5, 5.41) is 2.40. The first-order valence-corrected chi connectivity index (χ1v) is 40.5. The van der Waals surface area contributed by atoms with Gasteiger partial charge < -0.3 is 115 Å². The predicted molar refractivity (Wildman–Crippen MR) is 399 cm³/mol. The Hall–Kier alpha value is -2.88. The van der Waals surface area contributed by atoms with Crippen molar-refractivity contribution >= 4 is 25.9 Å². The lowest BCUT2D eigenvalue weighted by Crippen LogP contribution is -2.31. The van der Waals surface area contributed by atoms with Crippen molar-refractivity contribution in [3.05, 3.63) is 24.3 Å². The molecule has 0 spiro atoms. The van der Waals surface area contributed by atoms with Gasteiger partial charge in [-0.05, 0) is 64.2 Å². The highest BCUT2D eigenvalue weighted by Gasteiger charge is 2.21. The molecular weight excluding hydrogens is 1380 g/mol. The van der Waals surface area contributed by atoms with Gasteiger partial charge in [0.1, 0.15) is 13.2 Å². The Labute approximate surface area is 626 Å². The molecule has 0 heterocycles. The molecule has 2 atom stereocenters. The Bertz CT molecular complexity index is 1850. The van der Waals surface area contributed by atoms with E-state index in [-0.39, 0.29) is 52.0 Å². The maximum atomic E-state index is 12.9. The third-order valence-electron chi connectivity index (χ3n) is 15.2. The highest BCUT2D eigenvalue weighted by atomic mass is 31.2. The molecule has 618 valence electrons. The molecule has 0 aromatic heterocycles. The van der Waals surface area contributed by atoms with Crippen LogP contribution in [0.25, 0.3) is 0 Å². The number of amides is 1. The van der Waals surface area contributed by atoms with Gasteiger partial charge >= 0.3 is 18.0 Å². The number of quaternary nitrogens is 1. The summed E-state index contributed by atoms with van der Waals surface area (Å²) in [5.41, 5.74) is 0. The van der Waals surface area contributed by atoms with E-state index in [1.54, 1.807) is 7.11 Å². The minimum Gasteiger partial charge on any atom is -0.756 e. The van der Waals surface area contributed by atoms with Crippen molar-refractivity contribution in [2.24, 2.45) is 0 Å². The third kappa shape index (κ3) is 88.0. The van der Waals surface area contributed by atoms with Crippen molar-refractivity contribution in [2.45, 2.75) is 200 Å². The van der Waals surface area contributed by atoms with E-state index in [2.05, 4.69) is 43.5 Å². The third-order valence-corrected chi connectivity index (χ3v) is 16.1. The number of alkyl carbamates (subject to hydrolysis) is 1. The molecule has 0 aliphatic carbocycles. The lowest BCUT2D eigenvalue weighted by atomic mass is 10.1. The summed E-state index contributed by atoms with van der Waals surface area (Å²) in [6.07, 6.45) is 36.9. The number of unbranched alkanes of at least 4 members (excludes halogenated alkanes) is 22. The summed E-state index contributed by atoms with van der Waals surface area (Å²) >= 11 is 0. The summed E-state index contributed by atoms with van der Waals surface area (Å²) in [6.45, 7) is 16.7. The van der Waals surface area contributed by atoms with E-state index in [0.29, 0.717) is 204 Å². The van der Waals surface area contributed by atoms with Crippen molar-refractivity contribution in [1.29, 1.82) is 0 Å². The number of esters is 2. The number of phosphoric acid groups is 1. The van der Waals surface area contributed by atoms with Gasteiger partial charge in [0.25, 0.3) is 7.82 Å². The number of hydrogen-bond donors (Lipinski definition) is 2. The molecule has 0 fully saturated rings. The SMILES string of the molecule is CCCCCCCC/C=C\CCCCCCCC(=O)OC[C@H](COP(=O)([O-])OCCNC(=O)OCCOCCOCCOCCOCCOCCOCCOCCOCCOCCOCCOCCOCCOCCOCCOCCOC)OC(=O)CCCCCCC/C=C\CCCCCCCC.[NH4+]. The Balaban J connectivity index is 0. The minimum atomic E-state index is -4.92. The number of ether oxygens (including phenoxy) is 19. The number of rotatable bonds is 88. The molecule has 104 heavy (non-hydrogen) atoms. The molecule has 0 radical (unpaired) electrons. The molecule has 0 aliphatic rings. The Morgan fingerprint density at radius 3 is 0.904 bits per heavy atom. The fraction of sp³-hybridized carbons (Fsp3) is 0.907. The highest BCUT2D eigenvalue weighted by Crippen LogP contribution is 2.38. The molecule has 0 rings (SSSR count). The van der Waals surface area contributed by atoms with Crippen LogP contribution in [0.1, 0.15) is 194 Å². The van der Waals surface area contributed by atoms with Crippen LogP contribution in [0.5, 0.6) is 0 Å². The number of allylic oxidation sites excluding steroid dienone is 4. The lowest BCUT2D eigenvalue weighted by Gasteiger charge is -2.25. The van der Waals surface area contributed by atoms with Crippen LogP contribution >= 0.6 is 7.82 Å². The van der Waals surface area contributed by atoms with Crippen LogP contribution in [0.2, 0.25) is 0 Å². The molecule has 29 heteroatoms. The molecule has 1 unspecified atom stereocenters. The molecule has 5 N–H and O–H groups in total. The number of carbonyl (C=O) groups is 3. The summed E-state index contributed by atoms with van der Waals surface area (Å²) in [5.74, 6) is -0.999. The van der Waals surface area contributed by atoms with E-state index in [0.717, 1.165) is 77.0 Å². The molecule has 1 amide bonds. The number of carbonyl (C=O) groups excluding carboxylic acids is 3. The first-order valence-electron chi connectivity index (χ1n) is 39.0. The minimum absolute atomic E-state index is 0. The van der Waals surface area contributed by atoms with Crippen molar-refractivity contribution in [1.82, 2.24) is 11.5 Å². The summed E-state index contributed by atoms with van der Waals surface area (Å²) in [4.78, 5) is 50.4. The van der Waals surface area contributed by atoms with Crippen LogP contribution in [0, 0.1) is 0 Å². The van der Waals surface area contributed by atoms with Gasteiger partial charge in [-0.2, -0.15) is 0 Å². The molecule has 0 aromatic carbocycles. The van der Waals surface area contributed by atoms with E-state index in [4.69, 9.17) is 99.0 Å². The van der Waals surface area contributed by atoms with Crippen LogP contribution in [0.4, 0.5) is 4.79 Å². The topological polar surface area (TPSA) is 334 Å². The smallest absolute Gasteiger partial charge is 0.407 e. The Morgan fingerprint density at radius 2 is 0.596 bits per heavy atom. The largest absolute Gasteiger partial charge is 0.756 e. The molecular formula is C75H147N2O26P. The van der Waals surface area contributed by atoms with Gasteiger partial charge in [0, 0.05) is 26.5 Å². The Kier molecular flexibility index (Phi) is 88.3. The van der Waals surface area contributed by atoms with Gasteiger partial charge in [-0.15, -0.1) is 0 Å². The molecule has 0 aromatic rings. The van der Waals surface area contributed by atoms with Crippen molar-refractivity contribution in [3.8, 4) is 0 Å². The zero-order valence-electron chi connectivity index (χ0n) is 65.2. The molecule has 28 nitrogen and oxygen atoms in total. The Morgan fingerprint density at radius 1 is 0.327 bits per heavy atom. The first kappa shape index (κ1) is 103. The number of phosphoric ester groups is 1. The lowest BCUT2D eigenvalue weighted by molar-refractivity contribution is -0.228. The second-order valence-corrected chi connectivity index (χ2v) is 25.7. The van der Waals surface area contributed by atoms with Gasteiger partial charge in [-0.25, -0.2) is 4.79 Å². The van der Waals surface area contributed by atoms with Crippen LogP contribution < -0.4 is 16.4 Å². The average molecular weight is 1520 g/mol. The number of nitrogens with one attached hydrogen (secondary N) is 1. The maximum Gasteiger partial charge on any atom is 0.407 e. The monoisotopic (exact) mass is 1520 g/mol. The van der Waals surface area contributed by atoms with E-state index in [1.165, 1.54) is 77.0 Å². The summed E-state index contributed by atoms with van der Waals surface area (Å²) < 4.78 is 126. The van der Waals surface area contributed by atoms with E-state index < -0.39 is 45.2 Å². The standard InChI is InChI=1S/C75H144NO26P.H3N/c1-4-6-8-10-12-14-16-18-20-22-24-26-28-30-32-34-73(77)99-70-72(102-74(78)35-33-31-29-27-25-23-21-19-17-15-13-11-9-7-5-2)71-101-103(80,81)100-37-36-76-75(79)98-69-68-97-67-66-96-65-64-95-63-62-94-61-60-93-59-58-92-57-56-91-55-54-90-53-52-89-51-50-88-49-48-87-47-46-86-45-44-85-43-42-84-41-40-83-39-38-82-3;/h18-21,72H,4-17,22-71H2,1-3H3,(H,76,79)(H,80,81);1H3/b20-18-,21-19-;/t72-;/m1./s1.